The molecule has 1 heterocycles. The molecule has 2 aliphatic rings. The van der Waals surface area contributed by atoms with Crippen LogP contribution in [0, 0.1) is 29.1 Å². The Bertz CT molecular complexity index is 749. The molecule has 0 aromatic heterocycles. The third-order valence-corrected chi connectivity index (χ3v) is 6.72. The summed E-state index contributed by atoms with van der Waals surface area (Å²) in [5, 5.41) is 0. The monoisotopic (exact) mass is 490 g/mol. The van der Waals surface area contributed by atoms with E-state index in [1.54, 1.807) is 13.8 Å². The molecular formula is C21H28F6O6. The van der Waals surface area contributed by atoms with Crippen LogP contribution in [-0.4, -0.2) is 48.6 Å². The van der Waals surface area contributed by atoms with Gasteiger partial charge in [0.1, 0.15) is 12.2 Å². The summed E-state index contributed by atoms with van der Waals surface area (Å²) in [6.07, 6.45) is -17.3. The standard InChI is InChI=1S/C21H28F6O6/c1-6-7-19(5,9(2)3)18(30)32-14-11-8-10(4)13(14)31-15(28)12(11)16(29)33-17(20(22,23)24)21(25,26)27/h9-14,17H,6-8H2,1-5H3. The van der Waals surface area contributed by atoms with E-state index < -0.39 is 71.7 Å². The van der Waals surface area contributed by atoms with Gasteiger partial charge in [-0.2, -0.15) is 26.3 Å². The quantitative estimate of drug-likeness (QED) is 0.225. The van der Waals surface area contributed by atoms with Crippen molar-refractivity contribution in [2.45, 2.75) is 84.5 Å². The molecule has 1 saturated carbocycles. The molecule has 2 bridgehead atoms. The third kappa shape index (κ3) is 5.40. The molecule has 0 N–H and O–H groups in total. The first-order chi connectivity index (χ1) is 14.9. The van der Waals surface area contributed by atoms with Gasteiger partial charge >= 0.3 is 30.3 Å². The number of rotatable bonds is 7. The largest absolute Gasteiger partial charge is 0.458 e. The molecule has 0 spiro atoms. The maximum atomic E-state index is 13.0. The van der Waals surface area contributed by atoms with Crippen LogP contribution < -0.4 is 0 Å². The van der Waals surface area contributed by atoms with Crippen LogP contribution in [0.5, 0.6) is 0 Å². The maximum Gasteiger partial charge on any atom is 0.434 e. The first-order valence-electron chi connectivity index (χ1n) is 10.7. The average Bonchev–Trinajstić information content (AvgIpc) is 2.85. The number of ether oxygens (including phenoxy) is 3. The Kier molecular flexibility index (Phi) is 7.70. The smallest absolute Gasteiger partial charge is 0.434 e. The SMILES string of the molecule is CCCC(C)(C(=O)OC1C2CC(C)C1OC(=O)C2C(=O)OC(C(F)(F)F)C(F)(F)F)C(C)C. The van der Waals surface area contributed by atoms with Gasteiger partial charge in [-0.1, -0.05) is 34.1 Å². The number of esters is 3. The topological polar surface area (TPSA) is 78.9 Å². The highest BCUT2D eigenvalue weighted by Gasteiger charge is 2.63. The highest BCUT2D eigenvalue weighted by molar-refractivity contribution is 5.96. The first kappa shape index (κ1) is 27.2. The van der Waals surface area contributed by atoms with Gasteiger partial charge in [-0.05, 0) is 31.6 Å². The minimum atomic E-state index is -5.93. The van der Waals surface area contributed by atoms with Crippen molar-refractivity contribution in [1.82, 2.24) is 0 Å². The van der Waals surface area contributed by atoms with E-state index >= 15 is 0 Å². The molecule has 1 aliphatic carbocycles. The number of halogens is 6. The van der Waals surface area contributed by atoms with Crippen LogP contribution in [0.4, 0.5) is 26.3 Å². The summed E-state index contributed by atoms with van der Waals surface area (Å²) in [4.78, 5) is 37.7. The van der Waals surface area contributed by atoms with Crippen LogP contribution in [0.1, 0.15) is 53.9 Å². The van der Waals surface area contributed by atoms with Crippen LogP contribution in [0.15, 0.2) is 0 Å². The first-order valence-corrected chi connectivity index (χ1v) is 10.7. The summed E-state index contributed by atoms with van der Waals surface area (Å²) in [6, 6.07) is 0. The van der Waals surface area contributed by atoms with Crippen LogP contribution in [0.2, 0.25) is 0 Å². The molecule has 1 saturated heterocycles. The second-order valence-corrected chi connectivity index (χ2v) is 9.35. The Morgan fingerprint density at radius 1 is 1.12 bits per heavy atom. The number of fused-ring (bicyclic) bond motifs is 2. The summed E-state index contributed by atoms with van der Waals surface area (Å²) in [5.41, 5.74) is -0.924. The molecule has 0 radical (unpaired) electrons. The fraction of sp³-hybridized carbons (Fsp3) is 0.857. The second-order valence-electron chi connectivity index (χ2n) is 9.35. The van der Waals surface area contributed by atoms with E-state index in [0.717, 1.165) is 0 Å². The predicted octanol–water partition coefficient (Wildman–Crippen LogP) is 4.59. The summed E-state index contributed by atoms with van der Waals surface area (Å²) < 4.78 is 91.5. The van der Waals surface area contributed by atoms with Gasteiger partial charge in [0.15, 0.2) is 5.92 Å². The average molecular weight is 490 g/mol. The van der Waals surface area contributed by atoms with Crippen molar-refractivity contribution < 1.29 is 54.9 Å². The Morgan fingerprint density at radius 2 is 1.67 bits per heavy atom. The molecule has 0 aromatic rings. The van der Waals surface area contributed by atoms with Gasteiger partial charge in [0.2, 0.25) is 0 Å². The van der Waals surface area contributed by atoms with Gasteiger partial charge < -0.3 is 14.2 Å². The normalized spacial score (nSPS) is 29.6. The van der Waals surface area contributed by atoms with Gasteiger partial charge in [0.25, 0.3) is 6.10 Å². The van der Waals surface area contributed by atoms with Crippen LogP contribution in [0.3, 0.4) is 0 Å². The highest BCUT2D eigenvalue weighted by atomic mass is 19.4. The van der Waals surface area contributed by atoms with Gasteiger partial charge in [-0.15, -0.1) is 0 Å². The van der Waals surface area contributed by atoms with Crippen molar-refractivity contribution in [2.24, 2.45) is 29.1 Å². The van der Waals surface area contributed by atoms with Crippen molar-refractivity contribution in [3.63, 3.8) is 0 Å². The number of hydrogen-bond donors (Lipinski definition) is 0. The van der Waals surface area contributed by atoms with Gasteiger partial charge in [-0.3, -0.25) is 14.4 Å². The van der Waals surface area contributed by atoms with E-state index in [1.165, 1.54) is 0 Å². The van der Waals surface area contributed by atoms with E-state index in [0.29, 0.717) is 12.8 Å². The minimum absolute atomic E-state index is 0.0169. The molecule has 33 heavy (non-hydrogen) atoms. The zero-order valence-corrected chi connectivity index (χ0v) is 18.9. The highest BCUT2D eigenvalue weighted by Crippen LogP contribution is 2.47. The minimum Gasteiger partial charge on any atom is -0.458 e. The van der Waals surface area contributed by atoms with Gasteiger partial charge in [-0.25, -0.2) is 0 Å². The molecule has 2 fully saturated rings. The molecule has 6 unspecified atom stereocenters. The number of hydrogen-bond acceptors (Lipinski definition) is 6. The molecule has 12 heteroatoms. The third-order valence-electron chi connectivity index (χ3n) is 6.72. The number of carbonyl (C=O) groups excluding carboxylic acids is 3. The van der Waals surface area contributed by atoms with Gasteiger partial charge in [0.05, 0.1) is 5.41 Å². The summed E-state index contributed by atoms with van der Waals surface area (Å²) in [7, 11) is 0. The van der Waals surface area contributed by atoms with E-state index in [9.17, 15) is 40.7 Å². The van der Waals surface area contributed by atoms with Crippen molar-refractivity contribution >= 4 is 17.9 Å². The Labute approximate surface area is 187 Å². The second kappa shape index (κ2) is 9.32. The Balaban J connectivity index is 2.31. The predicted molar refractivity (Wildman–Crippen MR) is 100 cm³/mol. The molecule has 6 atom stereocenters. The number of carbonyl (C=O) groups is 3. The van der Waals surface area contributed by atoms with E-state index in [-0.39, 0.29) is 12.3 Å². The summed E-state index contributed by atoms with van der Waals surface area (Å²) in [5.74, 6) is -7.77. The summed E-state index contributed by atoms with van der Waals surface area (Å²) >= 11 is 0. The lowest BCUT2D eigenvalue weighted by Crippen LogP contribution is -2.53. The molecular weight excluding hydrogens is 462 g/mol. The van der Waals surface area contributed by atoms with E-state index in [2.05, 4.69) is 4.74 Å². The van der Waals surface area contributed by atoms with Crippen LogP contribution in [0.25, 0.3) is 0 Å². The van der Waals surface area contributed by atoms with Crippen molar-refractivity contribution in [3.05, 3.63) is 0 Å². The van der Waals surface area contributed by atoms with Crippen molar-refractivity contribution in [3.8, 4) is 0 Å². The zero-order chi connectivity index (χ0) is 25.5. The van der Waals surface area contributed by atoms with Crippen LogP contribution in [-0.2, 0) is 28.6 Å². The lowest BCUT2D eigenvalue weighted by molar-refractivity contribution is -0.315. The molecule has 6 nitrogen and oxygen atoms in total. The van der Waals surface area contributed by atoms with Gasteiger partial charge in [0, 0.05) is 5.92 Å². The molecule has 2 rings (SSSR count). The number of alkyl halides is 6. The van der Waals surface area contributed by atoms with Crippen molar-refractivity contribution in [2.75, 3.05) is 0 Å². The summed E-state index contributed by atoms with van der Waals surface area (Å²) in [6.45, 7) is 8.79. The molecule has 1 aliphatic heterocycles. The fourth-order valence-electron chi connectivity index (χ4n) is 4.49. The van der Waals surface area contributed by atoms with Crippen molar-refractivity contribution in [1.29, 1.82) is 0 Å². The van der Waals surface area contributed by atoms with E-state index in [1.807, 2.05) is 20.8 Å². The molecule has 0 amide bonds. The van der Waals surface area contributed by atoms with E-state index in [4.69, 9.17) is 9.47 Å². The lowest BCUT2D eigenvalue weighted by atomic mass is 9.75. The lowest BCUT2D eigenvalue weighted by Gasteiger charge is -2.38. The maximum absolute atomic E-state index is 13.0. The zero-order valence-electron chi connectivity index (χ0n) is 18.9. The Morgan fingerprint density at radius 3 is 2.12 bits per heavy atom. The molecule has 0 aromatic carbocycles. The van der Waals surface area contributed by atoms with Crippen LogP contribution >= 0.6 is 0 Å². The fourth-order valence-corrected chi connectivity index (χ4v) is 4.49. The Hall–Kier alpha value is -2.01. The molecule has 190 valence electrons.